The van der Waals surface area contributed by atoms with E-state index in [-0.39, 0.29) is 18.5 Å². The number of hydrogen-bond acceptors (Lipinski definition) is 3. The largest absolute Gasteiger partial charge is 0.452 e. The summed E-state index contributed by atoms with van der Waals surface area (Å²) in [4.78, 5) is 23.7. The van der Waals surface area contributed by atoms with E-state index in [0.29, 0.717) is 10.0 Å². The Kier molecular flexibility index (Phi) is 5.87. The van der Waals surface area contributed by atoms with Crippen LogP contribution >= 0.6 is 15.9 Å². The van der Waals surface area contributed by atoms with Crippen LogP contribution in [0.4, 0.5) is 4.39 Å². The molecule has 0 saturated heterocycles. The fourth-order valence-corrected chi connectivity index (χ4v) is 2.40. The lowest BCUT2D eigenvalue weighted by Crippen LogP contribution is -2.31. The number of rotatable bonds is 5. The highest BCUT2D eigenvalue weighted by Crippen LogP contribution is 2.17. The SMILES string of the molecule is C[C@@H](NC(=O)COC(=O)c1ccccc1Br)c1ccc(F)cc1. The van der Waals surface area contributed by atoms with Crippen LogP contribution in [0.25, 0.3) is 0 Å². The molecule has 0 spiro atoms. The minimum Gasteiger partial charge on any atom is -0.452 e. The van der Waals surface area contributed by atoms with Gasteiger partial charge in [0.1, 0.15) is 5.82 Å². The molecule has 4 nitrogen and oxygen atoms in total. The first-order chi connectivity index (χ1) is 11.0. The molecule has 1 amide bonds. The van der Waals surface area contributed by atoms with E-state index in [9.17, 15) is 14.0 Å². The van der Waals surface area contributed by atoms with E-state index in [1.54, 1.807) is 43.3 Å². The third-order valence-electron chi connectivity index (χ3n) is 3.18. The molecule has 2 rings (SSSR count). The number of esters is 1. The summed E-state index contributed by atoms with van der Waals surface area (Å²) in [7, 11) is 0. The van der Waals surface area contributed by atoms with Crippen LogP contribution in [0.3, 0.4) is 0 Å². The molecule has 0 heterocycles. The second-order valence-corrected chi connectivity index (χ2v) is 5.75. The molecule has 0 saturated carbocycles. The monoisotopic (exact) mass is 379 g/mol. The van der Waals surface area contributed by atoms with Crippen LogP contribution in [-0.2, 0) is 9.53 Å². The first kappa shape index (κ1) is 17.1. The van der Waals surface area contributed by atoms with Crippen molar-refractivity contribution in [1.82, 2.24) is 5.32 Å². The Morgan fingerprint density at radius 3 is 2.48 bits per heavy atom. The first-order valence-electron chi connectivity index (χ1n) is 6.94. The van der Waals surface area contributed by atoms with Crippen molar-refractivity contribution in [1.29, 1.82) is 0 Å². The van der Waals surface area contributed by atoms with Gasteiger partial charge in [-0.15, -0.1) is 0 Å². The highest BCUT2D eigenvalue weighted by molar-refractivity contribution is 9.10. The number of ether oxygens (including phenoxy) is 1. The number of carbonyl (C=O) groups is 2. The van der Waals surface area contributed by atoms with E-state index in [4.69, 9.17) is 4.74 Å². The standard InChI is InChI=1S/C17H15BrFNO3/c1-11(12-6-8-13(19)9-7-12)20-16(21)10-23-17(22)14-4-2-3-5-15(14)18/h2-9,11H,10H2,1H3,(H,20,21)/t11-/m1/s1. The Balaban J connectivity index is 1.86. The average molecular weight is 380 g/mol. The van der Waals surface area contributed by atoms with Crippen LogP contribution in [0.15, 0.2) is 53.0 Å². The summed E-state index contributed by atoms with van der Waals surface area (Å²) in [6.45, 7) is 1.38. The molecule has 0 unspecified atom stereocenters. The maximum atomic E-state index is 12.9. The number of hydrogen-bond donors (Lipinski definition) is 1. The van der Waals surface area contributed by atoms with Crippen molar-refractivity contribution in [3.63, 3.8) is 0 Å². The number of benzene rings is 2. The van der Waals surface area contributed by atoms with Gasteiger partial charge in [0.25, 0.3) is 5.91 Å². The Labute approximate surface area is 141 Å². The molecule has 0 aliphatic heterocycles. The quantitative estimate of drug-likeness (QED) is 0.807. The van der Waals surface area contributed by atoms with Crippen molar-refractivity contribution in [2.24, 2.45) is 0 Å². The maximum absolute atomic E-state index is 12.9. The lowest BCUT2D eigenvalue weighted by Gasteiger charge is -2.14. The highest BCUT2D eigenvalue weighted by atomic mass is 79.9. The molecular weight excluding hydrogens is 365 g/mol. The number of carbonyl (C=O) groups excluding carboxylic acids is 2. The molecule has 0 fully saturated rings. The van der Waals surface area contributed by atoms with Crippen molar-refractivity contribution in [2.45, 2.75) is 13.0 Å². The molecule has 1 N–H and O–H groups in total. The smallest absolute Gasteiger partial charge is 0.339 e. The molecule has 0 aliphatic rings. The fourth-order valence-electron chi connectivity index (χ4n) is 1.95. The lowest BCUT2D eigenvalue weighted by molar-refractivity contribution is -0.124. The third-order valence-corrected chi connectivity index (χ3v) is 3.87. The van der Waals surface area contributed by atoms with Gasteiger partial charge in [-0.25, -0.2) is 9.18 Å². The summed E-state index contributed by atoms with van der Waals surface area (Å²) in [5, 5.41) is 2.69. The first-order valence-corrected chi connectivity index (χ1v) is 7.73. The Morgan fingerprint density at radius 1 is 1.17 bits per heavy atom. The summed E-state index contributed by atoms with van der Waals surface area (Å²) in [6, 6.07) is 12.3. The number of amides is 1. The minimum atomic E-state index is -0.581. The van der Waals surface area contributed by atoms with Gasteiger partial charge in [0, 0.05) is 4.47 Å². The van der Waals surface area contributed by atoms with Gasteiger partial charge in [0.15, 0.2) is 6.61 Å². The van der Waals surface area contributed by atoms with Gasteiger partial charge < -0.3 is 10.1 Å². The van der Waals surface area contributed by atoms with Gasteiger partial charge in [-0.2, -0.15) is 0 Å². The summed E-state index contributed by atoms with van der Waals surface area (Å²) in [6.07, 6.45) is 0. The van der Waals surface area contributed by atoms with Crippen molar-refractivity contribution in [2.75, 3.05) is 6.61 Å². The van der Waals surface area contributed by atoms with Crippen LogP contribution in [0.2, 0.25) is 0 Å². The molecule has 6 heteroatoms. The Hall–Kier alpha value is -2.21. The molecule has 1 atom stereocenters. The highest BCUT2D eigenvalue weighted by Gasteiger charge is 2.14. The second kappa shape index (κ2) is 7.87. The zero-order valence-corrected chi connectivity index (χ0v) is 14.0. The number of nitrogens with one attached hydrogen (secondary N) is 1. The fraction of sp³-hybridized carbons (Fsp3) is 0.176. The van der Waals surface area contributed by atoms with Crippen molar-refractivity contribution >= 4 is 27.8 Å². The molecule has 2 aromatic carbocycles. The van der Waals surface area contributed by atoms with E-state index < -0.39 is 11.9 Å². The average Bonchev–Trinajstić information content (AvgIpc) is 2.53. The molecule has 0 bridgehead atoms. The zero-order chi connectivity index (χ0) is 16.8. The predicted molar refractivity (Wildman–Crippen MR) is 87.4 cm³/mol. The van der Waals surface area contributed by atoms with Crippen LogP contribution in [0, 0.1) is 5.82 Å². The lowest BCUT2D eigenvalue weighted by atomic mass is 10.1. The molecule has 120 valence electrons. The normalized spacial score (nSPS) is 11.6. The van der Waals surface area contributed by atoms with Gasteiger partial charge in [0.05, 0.1) is 11.6 Å². The van der Waals surface area contributed by atoms with Crippen LogP contribution < -0.4 is 5.32 Å². The van der Waals surface area contributed by atoms with Crippen molar-refractivity contribution < 1.29 is 18.7 Å². The third kappa shape index (κ3) is 4.89. The predicted octanol–water partition coefficient (Wildman–Crippen LogP) is 3.62. The van der Waals surface area contributed by atoms with E-state index in [1.165, 1.54) is 12.1 Å². The van der Waals surface area contributed by atoms with Crippen molar-refractivity contribution in [3.05, 3.63) is 69.9 Å². The van der Waals surface area contributed by atoms with Crippen molar-refractivity contribution in [3.8, 4) is 0 Å². The molecular formula is C17H15BrFNO3. The second-order valence-electron chi connectivity index (χ2n) is 4.90. The van der Waals surface area contributed by atoms with Gasteiger partial charge in [-0.05, 0) is 52.7 Å². The van der Waals surface area contributed by atoms with E-state index in [2.05, 4.69) is 21.2 Å². The van der Waals surface area contributed by atoms with Gasteiger partial charge in [0.2, 0.25) is 0 Å². The summed E-state index contributed by atoms with van der Waals surface area (Å²) in [5.41, 5.74) is 1.11. The van der Waals surface area contributed by atoms with Gasteiger partial charge in [-0.3, -0.25) is 4.79 Å². The molecule has 2 aromatic rings. The molecule has 23 heavy (non-hydrogen) atoms. The number of halogens is 2. The molecule has 0 aliphatic carbocycles. The summed E-state index contributed by atoms with van der Waals surface area (Å²) >= 11 is 3.25. The summed E-state index contributed by atoms with van der Waals surface area (Å²) in [5.74, 6) is -1.35. The Morgan fingerprint density at radius 2 is 1.83 bits per heavy atom. The van der Waals surface area contributed by atoms with E-state index in [1.807, 2.05) is 0 Å². The van der Waals surface area contributed by atoms with Crippen LogP contribution in [-0.4, -0.2) is 18.5 Å². The van der Waals surface area contributed by atoms with Crippen LogP contribution in [0.5, 0.6) is 0 Å². The van der Waals surface area contributed by atoms with E-state index >= 15 is 0 Å². The summed E-state index contributed by atoms with van der Waals surface area (Å²) < 4.78 is 18.5. The zero-order valence-electron chi connectivity index (χ0n) is 12.4. The van der Waals surface area contributed by atoms with Gasteiger partial charge in [-0.1, -0.05) is 24.3 Å². The minimum absolute atomic E-state index is 0.315. The Bertz CT molecular complexity index is 703. The molecule has 0 aromatic heterocycles. The van der Waals surface area contributed by atoms with Gasteiger partial charge >= 0.3 is 5.97 Å². The molecule has 0 radical (unpaired) electrons. The topological polar surface area (TPSA) is 55.4 Å². The maximum Gasteiger partial charge on any atom is 0.339 e. The van der Waals surface area contributed by atoms with Crippen LogP contribution in [0.1, 0.15) is 28.9 Å². The van der Waals surface area contributed by atoms with E-state index in [0.717, 1.165) is 5.56 Å².